The van der Waals surface area contributed by atoms with Crippen LogP contribution in [0, 0.1) is 11.8 Å². The van der Waals surface area contributed by atoms with Gasteiger partial charge in [-0.15, -0.1) is 0 Å². The summed E-state index contributed by atoms with van der Waals surface area (Å²) in [5.41, 5.74) is 7.62. The van der Waals surface area contributed by atoms with Crippen molar-refractivity contribution in [1.29, 1.82) is 0 Å². The van der Waals surface area contributed by atoms with E-state index in [9.17, 15) is 0 Å². The molecule has 0 bridgehead atoms. The zero-order chi connectivity index (χ0) is 14.6. The van der Waals surface area contributed by atoms with Gasteiger partial charge in [0, 0.05) is 11.7 Å². The van der Waals surface area contributed by atoms with Crippen LogP contribution >= 0.6 is 0 Å². The summed E-state index contributed by atoms with van der Waals surface area (Å²) in [7, 11) is 0. The Morgan fingerprint density at radius 3 is 2.95 bits per heavy atom. The number of aromatic nitrogens is 1. The molecule has 1 saturated carbocycles. The highest BCUT2D eigenvalue weighted by atomic mass is 16.5. The van der Waals surface area contributed by atoms with Gasteiger partial charge in [-0.05, 0) is 42.7 Å². The average molecular weight is 276 g/mol. The minimum absolute atomic E-state index is 0.230. The molecule has 2 N–H and O–H groups in total. The molecule has 112 valence electrons. The Balaban J connectivity index is 2.16. The summed E-state index contributed by atoms with van der Waals surface area (Å²) >= 11 is 0. The summed E-state index contributed by atoms with van der Waals surface area (Å²) in [6.07, 6.45) is 9.33. The molecule has 2 unspecified atom stereocenters. The van der Waals surface area contributed by atoms with Gasteiger partial charge in [0.05, 0.1) is 12.8 Å². The van der Waals surface area contributed by atoms with Gasteiger partial charge in [0.25, 0.3) is 0 Å². The standard InChI is InChI=1S/C17H28N2O/c1-4-8-20-16-9-15(11-19-12-16)17(18)7-5-6-14(10-17)13(2)3/h9,11-14H,4-8,10,18H2,1-3H3. The molecule has 0 radical (unpaired) electrons. The van der Waals surface area contributed by atoms with Crippen molar-refractivity contribution in [2.45, 2.75) is 58.4 Å². The van der Waals surface area contributed by atoms with Crippen LogP contribution in [-0.4, -0.2) is 11.6 Å². The Hall–Kier alpha value is -1.09. The molecule has 0 aliphatic heterocycles. The first-order valence-electron chi connectivity index (χ1n) is 7.92. The molecule has 2 rings (SSSR count). The molecule has 1 aliphatic rings. The van der Waals surface area contributed by atoms with Gasteiger partial charge in [0.15, 0.2) is 0 Å². The van der Waals surface area contributed by atoms with Gasteiger partial charge in [-0.25, -0.2) is 0 Å². The molecule has 0 saturated heterocycles. The van der Waals surface area contributed by atoms with Gasteiger partial charge in [0.2, 0.25) is 0 Å². The van der Waals surface area contributed by atoms with Crippen molar-refractivity contribution in [3.8, 4) is 5.75 Å². The van der Waals surface area contributed by atoms with E-state index in [2.05, 4.69) is 31.8 Å². The van der Waals surface area contributed by atoms with E-state index in [1.54, 1.807) is 6.20 Å². The topological polar surface area (TPSA) is 48.1 Å². The second kappa shape index (κ2) is 6.57. The lowest BCUT2D eigenvalue weighted by molar-refractivity contribution is 0.183. The van der Waals surface area contributed by atoms with Gasteiger partial charge in [-0.2, -0.15) is 0 Å². The molecule has 2 atom stereocenters. The molecule has 1 fully saturated rings. The van der Waals surface area contributed by atoms with Crippen LogP contribution in [0.2, 0.25) is 0 Å². The summed E-state index contributed by atoms with van der Waals surface area (Å²) < 4.78 is 5.69. The molecule has 1 heterocycles. The number of nitrogens with two attached hydrogens (primary N) is 1. The zero-order valence-electron chi connectivity index (χ0n) is 13.1. The fourth-order valence-corrected chi connectivity index (χ4v) is 3.17. The van der Waals surface area contributed by atoms with Crippen molar-refractivity contribution >= 4 is 0 Å². The van der Waals surface area contributed by atoms with Crippen LogP contribution in [-0.2, 0) is 5.54 Å². The molecule has 0 amide bonds. The first-order chi connectivity index (χ1) is 9.55. The summed E-state index contributed by atoms with van der Waals surface area (Å²) in [5, 5.41) is 0. The lowest BCUT2D eigenvalue weighted by atomic mass is 9.70. The van der Waals surface area contributed by atoms with Crippen LogP contribution in [0.4, 0.5) is 0 Å². The second-order valence-electron chi connectivity index (χ2n) is 6.51. The van der Waals surface area contributed by atoms with Crippen molar-refractivity contribution in [1.82, 2.24) is 4.98 Å². The number of rotatable bonds is 5. The van der Waals surface area contributed by atoms with Crippen LogP contribution in [0.5, 0.6) is 5.75 Å². The Labute approximate surface area is 122 Å². The molecule has 3 heteroatoms. The molecule has 3 nitrogen and oxygen atoms in total. The third-order valence-corrected chi connectivity index (χ3v) is 4.53. The van der Waals surface area contributed by atoms with Crippen LogP contribution in [0.15, 0.2) is 18.5 Å². The van der Waals surface area contributed by atoms with Crippen molar-refractivity contribution in [2.75, 3.05) is 6.61 Å². The third kappa shape index (κ3) is 3.51. The SMILES string of the molecule is CCCOc1cncc(C2(N)CCCC(C(C)C)C2)c1. The number of nitrogens with zero attached hydrogens (tertiary/aromatic N) is 1. The van der Waals surface area contributed by atoms with Crippen LogP contribution in [0.1, 0.15) is 58.4 Å². The maximum absolute atomic E-state index is 6.71. The smallest absolute Gasteiger partial charge is 0.137 e. The Kier molecular flexibility index (Phi) is 5.03. The number of ether oxygens (including phenoxy) is 1. The number of pyridine rings is 1. The zero-order valence-corrected chi connectivity index (χ0v) is 13.1. The fraction of sp³-hybridized carbons (Fsp3) is 0.706. The molecule has 20 heavy (non-hydrogen) atoms. The third-order valence-electron chi connectivity index (χ3n) is 4.53. The molecule has 1 aromatic rings. The average Bonchev–Trinajstić information content (AvgIpc) is 2.45. The molecular formula is C17H28N2O. The Bertz CT molecular complexity index is 433. The minimum atomic E-state index is -0.230. The fourth-order valence-electron chi connectivity index (χ4n) is 3.17. The Morgan fingerprint density at radius 1 is 1.45 bits per heavy atom. The van der Waals surface area contributed by atoms with Crippen molar-refractivity contribution in [3.05, 3.63) is 24.0 Å². The van der Waals surface area contributed by atoms with Gasteiger partial charge in [-0.3, -0.25) is 4.98 Å². The number of hydrogen-bond acceptors (Lipinski definition) is 3. The van der Waals surface area contributed by atoms with Gasteiger partial charge < -0.3 is 10.5 Å². The largest absolute Gasteiger partial charge is 0.492 e. The quantitative estimate of drug-likeness (QED) is 0.888. The Morgan fingerprint density at radius 2 is 2.25 bits per heavy atom. The van der Waals surface area contributed by atoms with Gasteiger partial charge >= 0.3 is 0 Å². The molecule has 1 aliphatic carbocycles. The molecule has 1 aromatic heterocycles. The highest BCUT2D eigenvalue weighted by molar-refractivity contribution is 5.29. The van der Waals surface area contributed by atoms with E-state index < -0.39 is 0 Å². The summed E-state index contributed by atoms with van der Waals surface area (Å²) in [4.78, 5) is 4.32. The number of hydrogen-bond donors (Lipinski definition) is 1. The summed E-state index contributed by atoms with van der Waals surface area (Å²) in [6, 6.07) is 2.09. The highest BCUT2D eigenvalue weighted by Gasteiger charge is 2.35. The summed E-state index contributed by atoms with van der Waals surface area (Å²) in [5.74, 6) is 2.26. The van der Waals surface area contributed by atoms with Crippen LogP contribution < -0.4 is 10.5 Å². The predicted octanol–water partition coefficient (Wildman–Crippen LogP) is 3.87. The first kappa shape index (κ1) is 15.3. The van der Waals surface area contributed by atoms with E-state index in [0.717, 1.165) is 37.2 Å². The van der Waals surface area contributed by atoms with E-state index in [0.29, 0.717) is 11.8 Å². The highest BCUT2D eigenvalue weighted by Crippen LogP contribution is 2.41. The maximum Gasteiger partial charge on any atom is 0.137 e. The van der Waals surface area contributed by atoms with Crippen LogP contribution in [0.25, 0.3) is 0 Å². The lowest BCUT2D eigenvalue weighted by Crippen LogP contribution is -2.42. The monoisotopic (exact) mass is 276 g/mol. The van der Waals surface area contributed by atoms with Crippen molar-refractivity contribution in [3.63, 3.8) is 0 Å². The molecule has 0 spiro atoms. The lowest BCUT2D eigenvalue weighted by Gasteiger charge is -2.40. The van der Waals surface area contributed by atoms with Gasteiger partial charge in [0.1, 0.15) is 5.75 Å². The van der Waals surface area contributed by atoms with Crippen molar-refractivity contribution < 1.29 is 4.74 Å². The van der Waals surface area contributed by atoms with E-state index in [4.69, 9.17) is 10.5 Å². The normalized spacial score (nSPS) is 26.8. The minimum Gasteiger partial charge on any atom is -0.492 e. The van der Waals surface area contributed by atoms with E-state index in [-0.39, 0.29) is 5.54 Å². The molecular weight excluding hydrogens is 248 g/mol. The maximum atomic E-state index is 6.71. The van der Waals surface area contributed by atoms with Gasteiger partial charge in [-0.1, -0.05) is 33.6 Å². The van der Waals surface area contributed by atoms with Crippen molar-refractivity contribution in [2.24, 2.45) is 17.6 Å². The second-order valence-corrected chi connectivity index (χ2v) is 6.51. The van der Waals surface area contributed by atoms with E-state index in [1.165, 1.54) is 12.8 Å². The molecule has 0 aromatic carbocycles. The predicted molar refractivity (Wildman–Crippen MR) is 82.7 cm³/mol. The van der Waals surface area contributed by atoms with E-state index in [1.807, 2.05) is 6.20 Å². The van der Waals surface area contributed by atoms with E-state index >= 15 is 0 Å². The summed E-state index contributed by atoms with van der Waals surface area (Å²) in [6.45, 7) is 7.44. The first-order valence-corrected chi connectivity index (χ1v) is 7.92. The van der Waals surface area contributed by atoms with Crippen LogP contribution in [0.3, 0.4) is 0 Å².